The van der Waals surface area contributed by atoms with Gasteiger partial charge in [0, 0.05) is 31.4 Å². The van der Waals surface area contributed by atoms with Crippen LogP contribution in [-0.2, 0) is 4.79 Å². The number of rotatable bonds is 3. The number of carbonyl (C=O) groups is 1. The maximum absolute atomic E-state index is 12.3. The molecule has 1 atom stereocenters. The lowest BCUT2D eigenvalue weighted by molar-refractivity contribution is -0.129. The summed E-state index contributed by atoms with van der Waals surface area (Å²) in [6, 6.07) is 5.52. The van der Waals surface area contributed by atoms with Crippen LogP contribution >= 0.6 is 0 Å². The van der Waals surface area contributed by atoms with Crippen molar-refractivity contribution in [2.45, 2.75) is 12.5 Å². The van der Waals surface area contributed by atoms with Gasteiger partial charge in [-0.2, -0.15) is 5.10 Å². The number of aromatic amines is 1. The highest BCUT2D eigenvalue weighted by molar-refractivity contribution is 5.92. The monoisotopic (exact) mass is 311 g/mol. The summed E-state index contributed by atoms with van der Waals surface area (Å²) in [6.45, 7) is 0.760. The number of amides is 1. The Morgan fingerprint density at radius 3 is 3.00 bits per heavy atom. The molecule has 1 unspecified atom stereocenters. The van der Waals surface area contributed by atoms with Gasteiger partial charge in [0.05, 0.1) is 12.6 Å². The number of fused-ring (bicyclic) bond motifs is 1. The quantitative estimate of drug-likeness (QED) is 0.801. The second kappa shape index (κ2) is 5.12. The summed E-state index contributed by atoms with van der Waals surface area (Å²) in [6.07, 6.45) is 4.34. The molecule has 0 aliphatic carbocycles. The molecule has 0 radical (unpaired) electrons. The van der Waals surface area contributed by atoms with E-state index in [9.17, 15) is 4.79 Å². The number of H-pyrrole nitrogens is 1. The van der Waals surface area contributed by atoms with Gasteiger partial charge >= 0.3 is 0 Å². The van der Waals surface area contributed by atoms with Crippen LogP contribution in [0.1, 0.15) is 12.5 Å². The van der Waals surface area contributed by atoms with E-state index in [1.54, 1.807) is 18.2 Å². The van der Waals surface area contributed by atoms with E-state index in [0.29, 0.717) is 5.82 Å². The number of ether oxygens (including phenoxy) is 1. The van der Waals surface area contributed by atoms with Crippen molar-refractivity contribution in [2.75, 3.05) is 20.7 Å². The molecule has 3 heterocycles. The van der Waals surface area contributed by atoms with Gasteiger partial charge in [0.2, 0.25) is 5.91 Å². The highest BCUT2D eigenvalue weighted by Crippen LogP contribution is 2.32. The first kappa shape index (κ1) is 13.8. The largest absolute Gasteiger partial charge is 0.497 e. The average Bonchev–Trinajstić information content (AvgIpc) is 3.26. The van der Waals surface area contributed by atoms with E-state index in [4.69, 9.17) is 4.74 Å². The molecule has 7 nitrogen and oxygen atoms in total. The fraction of sp³-hybridized carbons (Fsp3) is 0.312. The number of methoxy groups -OCH3 is 1. The van der Waals surface area contributed by atoms with Gasteiger partial charge in [0.25, 0.3) is 0 Å². The number of aromatic nitrogens is 4. The molecule has 23 heavy (non-hydrogen) atoms. The zero-order chi connectivity index (χ0) is 16.0. The van der Waals surface area contributed by atoms with Crippen molar-refractivity contribution >= 4 is 16.8 Å². The van der Waals surface area contributed by atoms with Gasteiger partial charge in [-0.05, 0) is 24.6 Å². The van der Waals surface area contributed by atoms with Crippen molar-refractivity contribution in [2.24, 2.45) is 0 Å². The molecule has 1 saturated heterocycles. The molecular weight excluding hydrogens is 294 g/mol. The van der Waals surface area contributed by atoms with Gasteiger partial charge in [-0.3, -0.25) is 9.89 Å². The van der Waals surface area contributed by atoms with E-state index in [0.717, 1.165) is 35.3 Å². The smallest absolute Gasteiger partial charge is 0.245 e. The summed E-state index contributed by atoms with van der Waals surface area (Å²) >= 11 is 0. The van der Waals surface area contributed by atoms with Crippen molar-refractivity contribution in [3.05, 3.63) is 30.6 Å². The number of hydrogen-bond acceptors (Lipinski definition) is 4. The molecule has 1 aliphatic heterocycles. The fourth-order valence-corrected chi connectivity index (χ4v) is 3.10. The van der Waals surface area contributed by atoms with Crippen LogP contribution in [0.3, 0.4) is 0 Å². The van der Waals surface area contributed by atoms with Crippen molar-refractivity contribution in [1.82, 2.24) is 24.6 Å². The lowest BCUT2D eigenvalue weighted by Gasteiger charge is -2.14. The van der Waals surface area contributed by atoms with Gasteiger partial charge in [0.1, 0.15) is 17.5 Å². The Kier molecular flexibility index (Phi) is 3.07. The maximum Gasteiger partial charge on any atom is 0.245 e. The second-order valence-electron chi connectivity index (χ2n) is 5.71. The number of carbonyl (C=O) groups excluding carboxylic acids is 1. The standard InChI is InChI=1S/C16H17N5O2/c1-20-7-5-13(16(20)22)21-8-6-17-15(21)14-11-9-10(23-2)3-4-12(11)18-19-14/h3-4,6,8-9,13H,5,7H2,1-2H3,(H,18,19). The third kappa shape index (κ3) is 2.08. The summed E-state index contributed by atoms with van der Waals surface area (Å²) in [4.78, 5) is 18.5. The Labute approximate surface area is 132 Å². The number of hydrogen-bond donors (Lipinski definition) is 1. The van der Waals surface area contributed by atoms with Gasteiger partial charge < -0.3 is 14.2 Å². The van der Waals surface area contributed by atoms with Crippen molar-refractivity contribution in [1.29, 1.82) is 0 Å². The average molecular weight is 311 g/mol. The molecule has 1 aromatic carbocycles. The van der Waals surface area contributed by atoms with E-state index in [2.05, 4.69) is 15.2 Å². The van der Waals surface area contributed by atoms with Gasteiger partial charge in [-0.1, -0.05) is 0 Å². The molecule has 4 rings (SSSR count). The molecule has 7 heteroatoms. The Hall–Kier alpha value is -2.83. The Morgan fingerprint density at radius 1 is 1.39 bits per heavy atom. The minimum atomic E-state index is -0.213. The topological polar surface area (TPSA) is 76.0 Å². The van der Waals surface area contributed by atoms with E-state index in [1.165, 1.54) is 0 Å². The number of benzene rings is 1. The van der Waals surface area contributed by atoms with Gasteiger partial charge in [-0.25, -0.2) is 4.98 Å². The predicted molar refractivity (Wildman–Crippen MR) is 85.2 cm³/mol. The van der Waals surface area contributed by atoms with E-state index in [-0.39, 0.29) is 11.9 Å². The summed E-state index contributed by atoms with van der Waals surface area (Å²) in [5.41, 5.74) is 1.64. The van der Waals surface area contributed by atoms with Crippen LogP contribution in [-0.4, -0.2) is 51.3 Å². The van der Waals surface area contributed by atoms with Crippen LogP contribution in [0, 0.1) is 0 Å². The molecule has 1 fully saturated rings. The minimum Gasteiger partial charge on any atom is -0.497 e. The van der Waals surface area contributed by atoms with Crippen LogP contribution in [0.2, 0.25) is 0 Å². The molecular formula is C16H17N5O2. The zero-order valence-corrected chi connectivity index (χ0v) is 13.0. The SMILES string of the molecule is COc1ccc2[nH]nc(-c3nccn3C3CCN(C)C3=O)c2c1. The van der Waals surface area contributed by atoms with Crippen LogP contribution in [0.4, 0.5) is 0 Å². The zero-order valence-electron chi connectivity index (χ0n) is 13.0. The van der Waals surface area contributed by atoms with Crippen LogP contribution < -0.4 is 4.74 Å². The molecule has 2 aromatic heterocycles. The maximum atomic E-state index is 12.3. The van der Waals surface area contributed by atoms with Crippen molar-refractivity contribution in [3.8, 4) is 17.3 Å². The summed E-state index contributed by atoms with van der Waals surface area (Å²) in [5.74, 6) is 1.56. The van der Waals surface area contributed by atoms with Crippen molar-refractivity contribution in [3.63, 3.8) is 0 Å². The third-order valence-electron chi connectivity index (χ3n) is 4.39. The molecule has 1 N–H and O–H groups in total. The number of nitrogens with zero attached hydrogens (tertiary/aromatic N) is 4. The van der Waals surface area contributed by atoms with Crippen LogP contribution in [0.5, 0.6) is 5.75 Å². The Morgan fingerprint density at radius 2 is 2.26 bits per heavy atom. The molecule has 118 valence electrons. The first-order chi connectivity index (χ1) is 11.2. The fourth-order valence-electron chi connectivity index (χ4n) is 3.10. The number of nitrogens with one attached hydrogen (secondary N) is 1. The van der Waals surface area contributed by atoms with Crippen molar-refractivity contribution < 1.29 is 9.53 Å². The van der Waals surface area contributed by atoms with E-state index >= 15 is 0 Å². The number of imidazole rings is 1. The minimum absolute atomic E-state index is 0.113. The third-order valence-corrected chi connectivity index (χ3v) is 4.39. The van der Waals surface area contributed by atoms with E-state index < -0.39 is 0 Å². The first-order valence-corrected chi connectivity index (χ1v) is 7.49. The number of likely N-dealkylation sites (N-methyl/N-ethyl adjacent to an activating group) is 1. The highest BCUT2D eigenvalue weighted by Gasteiger charge is 2.32. The van der Waals surface area contributed by atoms with Crippen LogP contribution in [0.15, 0.2) is 30.6 Å². The normalized spacial score (nSPS) is 18.1. The first-order valence-electron chi connectivity index (χ1n) is 7.49. The molecule has 0 saturated carbocycles. The summed E-state index contributed by atoms with van der Waals surface area (Å²) in [5, 5.41) is 8.34. The molecule has 1 amide bonds. The van der Waals surface area contributed by atoms with E-state index in [1.807, 2.05) is 36.0 Å². The summed E-state index contributed by atoms with van der Waals surface area (Å²) in [7, 11) is 3.46. The Balaban J connectivity index is 1.83. The Bertz CT molecular complexity index is 882. The molecule has 3 aromatic rings. The molecule has 0 bridgehead atoms. The lowest BCUT2D eigenvalue weighted by atomic mass is 10.1. The van der Waals surface area contributed by atoms with Gasteiger partial charge in [0.15, 0.2) is 5.82 Å². The molecule has 1 aliphatic rings. The number of likely N-dealkylation sites (tertiary alicyclic amines) is 1. The van der Waals surface area contributed by atoms with Gasteiger partial charge in [-0.15, -0.1) is 0 Å². The lowest BCUT2D eigenvalue weighted by Crippen LogP contribution is -2.24. The molecule has 0 spiro atoms. The second-order valence-corrected chi connectivity index (χ2v) is 5.71. The predicted octanol–water partition coefficient (Wildman–Crippen LogP) is 1.84. The summed E-state index contributed by atoms with van der Waals surface area (Å²) < 4.78 is 7.21. The highest BCUT2D eigenvalue weighted by atomic mass is 16.5. The van der Waals surface area contributed by atoms with Crippen LogP contribution in [0.25, 0.3) is 22.4 Å².